The average Bonchev–Trinajstić information content (AvgIpc) is 2.96. The lowest BCUT2D eigenvalue weighted by Gasteiger charge is -2.36. The van der Waals surface area contributed by atoms with Gasteiger partial charge in [0.1, 0.15) is 6.20 Å². The smallest absolute Gasteiger partial charge is 0.279 e. The summed E-state index contributed by atoms with van der Waals surface area (Å²) in [5.41, 5.74) is 3.72. The van der Waals surface area contributed by atoms with E-state index in [0.29, 0.717) is 0 Å². The van der Waals surface area contributed by atoms with E-state index in [2.05, 4.69) is 37.3 Å². The van der Waals surface area contributed by atoms with Crippen molar-refractivity contribution in [2.45, 2.75) is 38.1 Å². The highest BCUT2D eigenvalue weighted by atomic mass is 16.6. The fourth-order valence-electron chi connectivity index (χ4n) is 3.40. The summed E-state index contributed by atoms with van der Waals surface area (Å²) in [5, 5.41) is 9.86. The molecule has 0 spiro atoms. The summed E-state index contributed by atoms with van der Waals surface area (Å²) in [5.74, 6) is -0.295. The van der Waals surface area contributed by atoms with E-state index in [1.54, 1.807) is 0 Å². The first kappa shape index (κ1) is 14.4. The van der Waals surface area contributed by atoms with Crippen molar-refractivity contribution < 1.29 is 9.42 Å². The summed E-state index contributed by atoms with van der Waals surface area (Å²) >= 11 is 0. The van der Waals surface area contributed by atoms with Gasteiger partial charge in [0.15, 0.2) is 5.69 Å². The Morgan fingerprint density at radius 3 is 2.74 bits per heavy atom. The number of benzene rings is 1. The normalized spacial score (nSPS) is 18.8. The van der Waals surface area contributed by atoms with Crippen molar-refractivity contribution >= 4 is 11.6 Å². The maximum atomic E-state index is 12.0. The van der Waals surface area contributed by atoms with Crippen LogP contribution >= 0.6 is 0 Å². The largest absolute Gasteiger partial charge is 0.320 e. The summed E-state index contributed by atoms with van der Waals surface area (Å²) in [6.07, 6.45) is 7.53. The van der Waals surface area contributed by atoms with Crippen LogP contribution in [-0.2, 0) is 12.8 Å². The van der Waals surface area contributed by atoms with Crippen LogP contribution in [-0.4, -0.2) is 40.3 Å². The lowest BCUT2D eigenvalue weighted by molar-refractivity contribution is 0.101. The number of aromatic nitrogens is 2. The minimum absolute atomic E-state index is 0.191. The molecule has 0 bridgehead atoms. The van der Waals surface area contributed by atoms with E-state index in [1.807, 2.05) is 6.07 Å². The lowest BCUT2D eigenvalue weighted by atomic mass is 9.91. The molecule has 2 heterocycles. The minimum atomic E-state index is -0.295. The molecule has 1 fully saturated rings. The van der Waals surface area contributed by atoms with Crippen LogP contribution in [0.25, 0.3) is 0 Å². The van der Waals surface area contributed by atoms with Gasteiger partial charge in [-0.25, -0.2) is 4.63 Å². The first-order valence-corrected chi connectivity index (χ1v) is 8.24. The monoisotopic (exact) mass is 312 g/mol. The van der Waals surface area contributed by atoms with Crippen LogP contribution in [0.3, 0.4) is 0 Å². The summed E-state index contributed by atoms with van der Waals surface area (Å²) in [7, 11) is 0. The zero-order valence-corrected chi connectivity index (χ0v) is 13.0. The molecule has 1 amide bonds. The highest BCUT2D eigenvalue weighted by molar-refractivity contribution is 6.02. The predicted molar refractivity (Wildman–Crippen MR) is 85.3 cm³/mol. The molecule has 120 valence electrons. The number of hydrogen-bond donors (Lipinski definition) is 1. The molecule has 1 aromatic carbocycles. The topological polar surface area (TPSA) is 71.3 Å². The van der Waals surface area contributed by atoms with Gasteiger partial charge >= 0.3 is 0 Å². The van der Waals surface area contributed by atoms with Crippen molar-refractivity contribution in [3.8, 4) is 0 Å². The highest BCUT2D eigenvalue weighted by Crippen LogP contribution is 2.28. The number of nitrogens with one attached hydrogen (secondary N) is 1. The first-order valence-electron chi connectivity index (χ1n) is 8.24. The van der Waals surface area contributed by atoms with Gasteiger partial charge in [-0.2, -0.15) is 0 Å². The van der Waals surface area contributed by atoms with E-state index in [9.17, 15) is 4.79 Å². The second-order valence-electron chi connectivity index (χ2n) is 6.35. The number of rotatable bonds is 3. The van der Waals surface area contributed by atoms with E-state index >= 15 is 0 Å². The summed E-state index contributed by atoms with van der Waals surface area (Å²) in [6, 6.07) is 6.98. The van der Waals surface area contributed by atoms with Crippen molar-refractivity contribution in [3.05, 3.63) is 41.2 Å². The molecule has 0 atom stereocenters. The van der Waals surface area contributed by atoms with E-state index in [0.717, 1.165) is 37.7 Å². The number of anilines is 1. The van der Waals surface area contributed by atoms with Gasteiger partial charge in [-0.05, 0) is 54.1 Å². The summed E-state index contributed by atoms with van der Waals surface area (Å²) in [4.78, 5) is 14.6. The lowest BCUT2D eigenvalue weighted by Crippen LogP contribution is -2.41. The third-order valence-corrected chi connectivity index (χ3v) is 4.99. The van der Waals surface area contributed by atoms with Crippen LogP contribution in [0.2, 0.25) is 0 Å². The third-order valence-electron chi connectivity index (χ3n) is 4.99. The van der Waals surface area contributed by atoms with Gasteiger partial charge < -0.3 is 5.32 Å². The molecular formula is C17H20N4O2. The molecule has 1 aliphatic carbocycles. The number of carbonyl (C=O) groups excluding carboxylic acids is 1. The van der Waals surface area contributed by atoms with E-state index in [1.165, 1.54) is 36.6 Å². The predicted octanol–water partition coefficient (Wildman–Crippen LogP) is 2.28. The third kappa shape index (κ3) is 2.99. The number of fused-ring (bicyclic) bond motifs is 1. The molecule has 6 nitrogen and oxygen atoms in total. The molecule has 2 aromatic rings. The van der Waals surface area contributed by atoms with Gasteiger partial charge in [0.2, 0.25) is 0 Å². The van der Waals surface area contributed by atoms with Crippen molar-refractivity contribution in [2.75, 3.05) is 18.4 Å². The van der Waals surface area contributed by atoms with E-state index in [4.69, 9.17) is 0 Å². The van der Waals surface area contributed by atoms with Gasteiger partial charge in [0.25, 0.3) is 5.91 Å². The Kier molecular flexibility index (Phi) is 3.83. The summed E-state index contributed by atoms with van der Waals surface area (Å²) < 4.78 is 4.46. The van der Waals surface area contributed by atoms with Crippen LogP contribution in [0.1, 0.15) is 40.9 Å². The number of carbonyl (C=O) groups is 1. The molecule has 1 saturated carbocycles. The molecule has 1 aliphatic heterocycles. The SMILES string of the molecule is O=C(Nc1ccc2c(c1)CCN(C1CCC1)CC2)c1cnon1. The van der Waals surface area contributed by atoms with Gasteiger partial charge in [-0.3, -0.25) is 9.69 Å². The molecule has 0 saturated heterocycles. The van der Waals surface area contributed by atoms with Crippen molar-refractivity contribution in [1.82, 2.24) is 15.2 Å². The van der Waals surface area contributed by atoms with Crippen LogP contribution in [0.15, 0.2) is 29.0 Å². The van der Waals surface area contributed by atoms with Gasteiger partial charge in [-0.15, -0.1) is 0 Å². The molecule has 1 N–H and O–H groups in total. The molecule has 6 heteroatoms. The molecule has 2 aliphatic rings. The fourth-order valence-corrected chi connectivity index (χ4v) is 3.40. The van der Waals surface area contributed by atoms with E-state index < -0.39 is 0 Å². The Labute approximate surface area is 134 Å². The van der Waals surface area contributed by atoms with Crippen LogP contribution in [0, 0.1) is 0 Å². The van der Waals surface area contributed by atoms with Gasteiger partial charge in [0, 0.05) is 24.8 Å². The molecule has 0 unspecified atom stereocenters. The Balaban J connectivity index is 1.46. The van der Waals surface area contributed by atoms with Gasteiger partial charge in [0.05, 0.1) is 0 Å². The minimum Gasteiger partial charge on any atom is -0.320 e. The first-order chi connectivity index (χ1) is 11.3. The Morgan fingerprint density at radius 1 is 1.22 bits per heavy atom. The summed E-state index contributed by atoms with van der Waals surface area (Å²) in [6.45, 7) is 2.26. The number of hydrogen-bond acceptors (Lipinski definition) is 5. The zero-order valence-electron chi connectivity index (χ0n) is 13.0. The van der Waals surface area contributed by atoms with Crippen LogP contribution in [0.4, 0.5) is 5.69 Å². The standard InChI is InChI=1S/C17H20N4O2/c22-17(16-11-18-23-20-16)19-14-5-4-12-6-8-21(15-2-1-3-15)9-7-13(12)10-14/h4-5,10-11,15H,1-3,6-9H2,(H,19,22). The Bertz CT molecular complexity index is 695. The zero-order chi connectivity index (χ0) is 15.6. The second-order valence-corrected chi connectivity index (χ2v) is 6.35. The quantitative estimate of drug-likeness (QED) is 0.941. The van der Waals surface area contributed by atoms with Crippen LogP contribution in [0.5, 0.6) is 0 Å². The molecular weight excluding hydrogens is 292 g/mol. The number of nitrogens with zero attached hydrogens (tertiary/aromatic N) is 3. The maximum Gasteiger partial charge on any atom is 0.279 e. The molecule has 1 aromatic heterocycles. The van der Waals surface area contributed by atoms with Crippen molar-refractivity contribution in [3.63, 3.8) is 0 Å². The Hall–Kier alpha value is -2.21. The average molecular weight is 312 g/mol. The highest BCUT2D eigenvalue weighted by Gasteiger charge is 2.26. The molecule has 23 heavy (non-hydrogen) atoms. The number of amides is 1. The van der Waals surface area contributed by atoms with Gasteiger partial charge in [-0.1, -0.05) is 17.6 Å². The fraction of sp³-hybridized carbons (Fsp3) is 0.471. The molecule has 0 radical (unpaired) electrons. The van der Waals surface area contributed by atoms with Crippen molar-refractivity contribution in [2.24, 2.45) is 0 Å². The second kappa shape index (κ2) is 6.12. The Morgan fingerprint density at radius 2 is 2.04 bits per heavy atom. The van der Waals surface area contributed by atoms with Crippen molar-refractivity contribution in [1.29, 1.82) is 0 Å². The van der Waals surface area contributed by atoms with E-state index in [-0.39, 0.29) is 11.6 Å². The molecule has 4 rings (SSSR count). The van der Waals surface area contributed by atoms with Crippen LogP contribution < -0.4 is 5.32 Å². The maximum absolute atomic E-state index is 12.0.